The minimum Gasteiger partial charge on any atom is -0.497 e. The minimum atomic E-state index is 0.731. The maximum atomic E-state index is 5.31. The Kier molecular flexibility index (Phi) is 4.78. The molecule has 0 saturated carbocycles. The first-order valence-corrected chi connectivity index (χ1v) is 8.40. The van der Waals surface area contributed by atoms with E-state index >= 15 is 0 Å². The summed E-state index contributed by atoms with van der Waals surface area (Å²) in [5.74, 6) is 1.67. The number of benzene rings is 1. The zero-order chi connectivity index (χ0) is 14.5. The van der Waals surface area contributed by atoms with Crippen LogP contribution in [0, 0.1) is 5.92 Å². The summed E-state index contributed by atoms with van der Waals surface area (Å²) >= 11 is 1.76. The fourth-order valence-electron chi connectivity index (χ4n) is 2.85. The standard InChI is InChI=1S/C17H22N2OS/c1-20-17-4-2-3-16(9-17)19-7-5-14(12-19)10-18-11-15-6-8-21-13-15/h2-4,6,8-9,13-14,18H,5,7,10-12H2,1H3/t14-/m0/s1. The van der Waals surface area contributed by atoms with Crippen LogP contribution in [0.1, 0.15) is 12.0 Å². The van der Waals surface area contributed by atoms with Crippen molar-refractivity contribution in [2.45, 2.75) is 13.0 Å². The molecule has 21 heavy (non-hydrogen) atoms. The number of hydrogen-bond donors (Lipinski definition) is 1. The van der Waals surface area contributed by atoms with E-state index in [-0.39, 0.29) is 0 Å². The number of thiophene rings is 1. The first-order valence-electron chi connectivity index (χ1n) is 7.46. The molecule has 1 atom stereocenters. The highest BCUT2D eigenvalue weighted by atomic mass is 32.1. The molecule has 3 rings (SSSR count). The van der Waals surface area contributed by atoms with E-state index in [9.17, 15) is 0 Å². The van der Waals surface area contributed by atoms with Crippen LogP contribution in [0.5, 0.6) is 5.75 Å². The molecule has 0 spiro atoms. The molecular weight excluding hydrogens is 280 g/mol. The Morgan fingerprint density at radius 1 is 1.38 bits per heavy atom. The van der Waals surface area contributed by atoms with Gasteiger partial charge in [-0.05, 0) is 46.9 Å². The highest BCUT2D eigenvalue weighted by Gasteiger charge is 2.22. The number of nitrogens with one attached hydrogen (secondary N) is 1. The first-order chi connectivity index (χ1) is 10.3. The molecule has 2 heterocycles. The zero-order valence-corrected chi connectivity index (χ0v) is 13.2. The number of rotatable bonds is 6. The van der Waals surface area contributed by atoms with Crippen LogP contribution in [0.15, 0.2) is 41.1 Å². The van der Waals surface area contributed by atoms with Crippen molar-refractivity contribution >= 4 is 17.0 Å². The van der Waals surface area contributed by atoms with Gasteiger partial charge in [0.05, 0.1) is 7.11 Å². The molecule has 1 saturated heterocycles. The second-order valence-electron chi connectivity index (χ2n) is 5.56. The highest BCUT2D eigenvalue weighted by molar-refractivity contribution is 7.07. The molecule has 0 aliphatic carbocycles. The lowest BCUT2D eigenvalue weighted by Gasteiger charge is -2.19. The van der Waals surface area contributed by atoms with Gasteiger partial charge >= 0.3 is 0 Å². The van der Waals surface area contributed by atoms with Crippen LogP contribution in [0.4, 0.5) is 5.69 Å². The van der Waals surface area contributed by atoms with Gasteiger partial charge in [-0.15, -0.1) is 0 Å². The Hall–Kier alpha value is -1.52. The summed E-state index contributed by atoms with van der Waals surface area (Å²) in [6.45, 7) is 4.34. The molecule has 1 aromatic carbocycles. The van der Waals surface area contributed by atoms with Crippen molar-refractivity contribution in [1.82, 2.24) is 5.32 Å². The Balaban J connectivity index is 1.48. The van der Waals surface area contributed by atoms with E-state index in [0.29, 0.717) is 0 Å². The van der Waals surface area contributed by atoms with Gasteiger partial charge in [-0.1, -0.05) is 6.07 Å². The SMILES string of the molecule is COc1cccc(N2CC[C@@H](CNCc3ccsc3)C2)c1. The Labute approximate surface area is 130 Å². The van der Waals surface area contributed by atoms with E-state index in [0.717, 1.165) is 37.8 Å². The van der Waals surface area contributed by atoms with Crippen molar-refractivity contribution < 1.29 is 4.74 Å². The molecule has 1 aromatic heterocycles. The van der Waals surface area contributed by atoms with Gasteiger partial charge in [0.25, 0.3) is 0 Å². The molecule has 2 aromatic rings. The van der Waals surface area contributed by atoms with E-state index < -0.39 is 0 Å². The summed E-state index contributed by atoms with van der Waals surface area (Å²) in [7, 11) is 1.72. The van der Waals surface area contributed by atoms with Gasteiger partial charge < -0.3 is 15.0 Å². The monoisotopic (exact) mass is 302 g/mol. The van der Waals surface area contributed by atoms with Crippen molar-refractivity contribution in [1.29, 1.82) is 0 Å². The van der Waals surface area contributed by atoms with Crippen LogP contribution in [0.3, 0.4) is 0 Å². The molecule has 0 bridgehead atoms. The number of anilines is 1. The van der Waals surface area contributed by atoms with Gasteiger partial charge in [0.15, 0.2) is 0 Å². The maximum absolute atomic E-state index is 5.31. The smallest absolute Gasteiger partial charge is 0.120 e. The fourth-order valence-corrected chi connectivity index (χ4v) is 3.52. The normalized spacial score (nSPS) is 18.1. The largest absolute Gasteiger partial charge is 0.497 e. The lowest BCUT2D eigenvalue weighted by atomic mass is 10.1. The van der Waals surface area contributed by atoms with Crippen molar-refractivity contribution in [3.63, 3.8) is 0 Å². The van der Waals surface area contributed by atoms with Gasteiger partial charge in [-0.2, -0.15) is 11.3 Å². The molecule has 4 heteroatoms. The molecule has 1 fully saturated rings. The molecular formula is C17H22N2OS. The fraction of sp³-hybridized carbons (Fsp3) is 0.412. The molecule has 0 amide bonds. The van der Waals surface area contributed by atoms with Crippen molar-refractivity contribution in [2.24, 2.45) is 5.92 Å². The van der Waals surface area contributed by atoms with E-state index in [1.165, 1.54) is 17.7 Å². The van der Waals surface area contributed by atoms with Crippen LogP contribution in [0.2, 0.25) is 0 Å². The van der Waals surface area contributed by atoms with Gasteiger partial charge in [-0.25, -0.2) is 0 Å². The predicted molar refractivity (Wildman–Crippen MR) is 89.3 cm³/mol. The van der Waals surface area contributed by atoms with Crippen molar-refractivity contribution in [3.05, 3.63) is 46.7 Å². The second kappa shape index (κ2) is 6.96. The molecule has 1 aliphatic heterocycles. The van der Waals surface area contributed by atoms with E-state index in [1.807, 2.05) is 6.07 Å². The van der Waals surface area contributed by atoms with Crippen LogP contribution in [-0.2, 0) is 6.54 Å². The third-order valence-electron chi connectivity index (χ3n) is 4.05. The summed E-state index contributed by atoms with van der Waals surface area (Å²) < 4.78 is 5.31. The summed E-state index contributed by atoms with van der Waals surface area (Å²) in [5, 5.41) is 7.93. The van der Waals surface area contributed by atoms with Crippen LogP contribution < -0.4 is 15.0 Å². The molecule has 0 radical (unpaired) electrons. The minimum absolute atomic E-state index is 0.731. The van der Waals surface area contributed by atoms with Gasteiger partial charge in [0, 0.05) is 37.9 Å². The first kappa shape index (κ1) is 14.4. The molecule has 3 nitrogen and oxygen atoms in total. The Morgan fingerprint density at radius 2 is 2.33 bits per heavy atom. The van der Waals surface area contributed by atoms with E-state index in [1.54, 1.807) is 18.4 Å². The Bertz CT molecular complexity index is 556. The number of hydrogen-bond acceptors (Lipinski definition) is 4. The lowest BCUT2D eigenvalue weighted by Crippen LogP contribution is -2.26. The van der Waals surface area contributed by atoms with Crippen LogP contribution in [-0.4, -0.2) is 26.7 Å². The topological polar surface area (TPSA) is 24.5 Å². The molecule has 1 N–H and O–H groups in total. The third-order valence-corrected chi connectivity index (χ3v) is 4.78. The van der Waals surface area contributed by atoms with Crippen LogP contribution >= 0.6 is 11.3 Å². The average Bonchev–Trinajstić information content (AvgIpc) is 3.19. The van der Waals surface area contributed by atoms with Crippen LogP contribution in [0.25, 0.3) is 0 Å². The van der Waals surface area contributed by atoms with Gasteiger partial charge in [-0.3, -0.25) is 0 Å². The zero-order valence-electron chi connectivity index (χ0n) is 12.4. The third kappa shape index (κ3) is 3.77. The average molecular weight is 302 g/mol. The molecule has 1 aliphatic rings. The number of methoxy groups -OCH3 is 1. The maximum Gasteiger partial charge on any atom is 0.120 e. The van der Waals surface area contributed by atoms with Crippen molar-refractivity contribution in [2.75, 3.05) is 31.6 Å². The summed E-state index contributed by atoms with van der Waals surface area (Å²) in [6.07, 6.45) is 1.26. The van der Waals surface area contributed by atoms with Gasteiger partial charge in [0.1, 0.15) is 5.75 Å². The van der Waals surface area contributed by atoms with E-state index in [2.05, 4.69) is 45.2 Å². The lowest BCUT2D eigenvalue weighted by molar-refractivity contribution is 0.415. The highest BCUT2D eigenvalue weighted by Crippen LogP contribution is 2.26. The Morgan fingerprint density at radius 3 is 3.14 bits per heavy atom. The summed E-state index contributed by atoms with van der Waals surface area (Å²) in [4.78, 5) is 2.46. The number of nitrogens with zero attached hydrogens (tertiary/aromatic N) is 1. The molecule has 0 unspecified atom stereocenters. The summed E-state index contributed by atoms with van der Waals surface area (Å²) in [5.41, 5.74) is 2.66. The van der Waals surface area contributed by atoms with Crippen molar-refractivity contribution in [3.8, 4) is 5.75 Å². The van der Waals surface area contributed by atoms with E-state index in [4.69, 9.17) is 4.74 Å². The van der Waals surface area contributed by atoms with Gasteiger partial charge in [0.2, 0.25) is 0 Å². The second-order valence-corrected chi connectivity index (χ2v) is 6.34. The summed E-state index contributed by atoms with van der Waals surface area (Å²) in [6, 6.07) is 10.6. The predicted octanol–water partition coefficient (Wildman–Crippen LogP) is 3.37. The molecule has 112 valence electrons. The quantitative estimate of drug-likeness (QED) is 0.885. The number of ether oxygens (including phenoxy) is 1.